The zero-order valence-corrected chi connectivity index (χ0v) is 17.8. The van der Waals surface area contributed by atoms with Gasteiger partial charge in [-0.15, -0.1) is 0 Å². The molecule has 0 heterocycles. The van der Waals surface area contributed by atoms with Crippen LogP contribution in [-0.4, -0.2) is 0 Å². The Morgan fingerprint density at radius 2 is 1.30 bits per heavy atom. The van der Waals surface area contributed by atoms with Crippen LogP contribution in [0.25, 0.3) is 11.1 Å². The predicted octanol–water partition coefficient (Wildman–Crippen LogP) is 8.80. The van der Waals surface area contributed by atoms with Crippen molar-refractivity contribution in [2.75, 3.05) is 0 Å². The average Bonchev–Trinajstić information content (AvgIpc) is 3.27. The van der Waals surface area contributed by atoms with Crippen LogP contribution < -0.4 is 0 Å². The molecule has 0 spiro atoms. The Labute approximate surface area is 178 Å². The van der Waals surface area contributed by atoms with E-state index in [2.05, 4.69) is 0 Å². The van der Waals surface area contributed by atoms with Crippen LogP contribution in [0.15, 0.2) is 36.4 Å². The Morgan fingerprint density at radius 1 is 0.633 bits per heavy atom. The van der Waals surface area contributed by atoms with E-state index in [0.717, 1.165) is 42.4 Å². The molecular weight excluding hydrogens is 381 g/mol. The summed E-state index contributed by atoms with van der Waals surface area (Å²) in [6.07, 6.45) is 16.0. The highest BCUT2D eigenvalue weighted by molar-refractivity contribution is 5.64. The van der Waals surface area contributed by atoms with Gasteiger partial charge in [0.15, 0.2) is 11.6 Å². The lowest BCUT2D eigenvalue weighted by molar-refractivity contribution is 0.298. The van der Waals surface area contributed by atoms with Gasteiger partial charge in [-0.1, -0.05) is 69.6 Å². The van der Waals surface area contributed by atoms with E-state index in [-0.39, 0.29) is 5.82 Å². The van der Waals surface area contributed by atoms with Gasteiger partial charge in [0.1, 0.15) is 5.82 Å². The summed E-state index contributed by atoms with van der Waals surface area (Å²) in [7, 11) is 0. The van der Waals surface area contributed by atoms with Gasteiger partial charge in [-0.2, -0.15) is 0 Å². The second kappa shape index (κ2) is 10.0. The molecule has 0 atom stereocenters. The molecule has 4 rings (SSSR count). The fraction of sp³-hybridized carbons (Fsp3) is 0.556. The summed E-state index contributed by atoms with van der Waals surface area (Å²) >= 11 is 0. The minimum absolute atomic E-state index is 0.327. The lowest BCUT2D eigenvalue weighted by Gasteiger charge is -2.29. The van der Waals surface area contributed by atoms with Crippen molar-refractivity contribution in [1.82, 2.24) is 0 Å². The summed E-state index contributed by atoms with van der Waals surface area (Å²) in [5.74, 6) is 0.0329. The smallest absolute Gasteiger partial charge is 0.159 e. The number of unbranched alkanes of at least 4 members (excludes halogenated alkanes) is 1. The minimum Gasteiger partial charge on any atom is -0.206 e. The van der Waals surface area contributed by atoms with E-state index in [1.807, 2.05) is 6.07 Å². The summed E-state index contributed by atoms with van der Waals surface area (Å²) in [5.41, 5.74) is 1.74. The summed E-state index contributed by atoms with van der Waals surface area (Å²) in [6.45, 7) is 0. The van der Waals surface area contributed by atoms with Gasteiger partial charge in [0, 0.05) is 5.56 Å². The molecule has 0 radical (unpaired) electrons. The normalized spacial score (nSPS) is 22.5. The van der Waals surface area contributed by atoms with Crippen molar-refractivity contribution < 1.29 is 13.2 Å². The number of rotatable bonds is 7. The zero-order valence-electron chi connectivity index (χ0n) is 17.8. The summed E-state index contributed by atoms with van der Waals surface area (Å²) in [6, 6.07) is 8.81. The second-order valence-corrected chi connectivity index (χ2v) is 9.52. The van der Waals surface area contributed by atoms with E-state index in [0.29, 0.717) is 17.0 Å². The van der Waals surface area contributed by atoms with Gasteiger partial charge in [-0.25, -0.2) is 13.2 Å². The van der Waals surface area contributed by atoms with E-state index < -0.39 is 11.6 Å². The van der Waals surface area contributed by atoms with Crippen LogP contribution in [0.1, 0.15) is 88.5 Å². The predicted molar refractivity (Wildman–Crippen MR) is 117 cm³/mol. The van der Waals surface area contributed by atoms with Gasteiger partial charge in [0.25, 0.3) is 0 Å². The standard InChI is InChI=1S/C27H33F3/c28-25-16-14-23(18-27(25)30)24-15-13-22(17-26(24)29)21-11-9-20(10-12-21)8-4-3-7-19-5-1-2-6-19/h13-21H,1-12H2/t20-,21-. The molecule has 0 amide bonds. The van der Waals surface area contributed by atoms with Crippen molar-refractivity contribution in [3.63, 3.8) is 0 Å². The molecule has 2 aromatic carbocycles. The second-order valence-electron chi connectivity index (χ2n) is 9.52. The lowest BCUT2D eigenvalue weighted by atomic mass is 9.76. The van der Waals surface area contributed by atoms with Gasteiger partial charge in [0.05, 0.1) is 0 Å². The Balaban J connectivity index is 1.27. The molecule has 162 valence electrons. The van der Waals surface area contributed by atoms with E-state index >= 15 is 0 Å². The largest absolute Gasteiger partial charge is 0.206 e. The van der Waals surface area contributed by atoms with Crippen LogP contribution in [0.4, 0.5) is 13.2 Å². The van der Waals surface area contributed by atoms with Gasteiger partial charge in [-0.3, -0.25) is 0 Å². The third kappa shape index (κ3) is 5.28. The summed E-state index contributed by atoms with van der Waals surface area (Å²) < 4.78 is 41.4. The molecule has 0 aromatic heterocycles. The van der Waals surface area contributed by atoms with E-state index in [9.17, 15) is 13.2 Å². The van der Waals surface area contributed by atoms with E-state index in [1.54, 1.807) is 12.1 Å². The molecule has 3 heteroatoms. The molecule has 2 aliphatic carbocycles. The zero-order chi connectivity index (χ0) is 20.9. The molecule has 0 unspecified atom stereocenters. The molecule has 2 aliphatic rings. The number of benzene rings is 2. The first-order valence-corrected chi connectivity index (χ1v) is 11.8. The van der Waals surface area contributed by atoms with Crippen LogP contribution in [0, 0.1) is 29.3 Å². The van der Waals surface area contributed by atoms with Crippen molar-refractivity contribution >= 4 is 0 Å². The minimum atomic E-state index is -0.947. The summed E-state index contributed by atoms with van der Waals surface area (Å²) in [5, 5.41) is 0. The highest BCUT2D eigenvalue weighted by Crippen LogP contribution is 2.39. The maximum absolute atomic E-state index is 14.7. The molecule has 2 saturated carbocycles. The molecule has 0 bridgehead atoms. The fourth-order valence-corrected chi connectivity index (χ4v) is 5.63. The highest BCUT2D eigenvalue weighted by atomic mass is 19.2. The Bertz CT molecular complexity index is 830. The quantitative estimate of drug-likeness (QED) is 0.397. The molecule has 30 heavy (non-hydrogen) atoms. The van der Waals surface area contributed by atoms with Gasteiger partial charge in [0.2, 0.25) is 0 Å². The maximum atomic E-state index is 14.7. The Kier molecular flexibility index (Phi) is 7.17. The van der Waals surface area contributed by atoms with Crippen LogP contribution in [0.5, 0.6) is 0 Å². The van der Waals surface area contributed by atoms with Crippen LogP contribution >= 0.6 is 0 Å². The maximum Gasteiger partial charge on any atom is 0.159 e. The van der Waals surface area contributed by atoms with Crippen LogP contribution in [-0.2, 0) is 0 Å². The first-order valence-electron chi connectivity index (χ1n) is 11.8. The first-order chi connectivity index (χ1) is 14.6. The SMILES string of the molecule is Fc1ccc(-c2ccc([C@H]3CC[C@H](CCCCC4CCCC4)CC3)cc2F)cc1F. The van der Waals surface area contributed by atoms with Crippen molar-refractivity contribution in [2.24, 2.45) is 11.8 Å². The van der Waals surface area contributed by atoms with Crippen molar-refractivity contribution in [1.29, 1.82) is 0 Å². The van der Waals surface area contributed by atoms with Gasteiger partial charge < -0.3 is 0 Å². The monoisotopic (exact) mass is 414 g/mol. The molecular formula is C27H33F3. The van der Waals surface area contributed by atoms with Crippen molar-refractivity contribution in [2.45, 2.75) is 83.0 Å². The third-order valence-electron chi connectivity index (χ3n) is 7.49. The summed E-state index contributed by atoms with van der Waals surface area (Å²) in [4.78, 5) is 0. The van der Waals surface area contributed by atoms with Gasteiger partial charge in [-0.05, 0) is 72.8 Å². The van der Waals surface area contributed by atoms with E-state index in [4.69, 9.17) is 0 Å². The number of hydrogen-bond donors (Lipinski definition) is 0. The molecule has 2 fully saturated rings. The Morgan fingerprint density at radius 3 is 1.93 bits per heavy atom. The Hall–Kier alpha value is -1.77. The molecule has 0 saturated heterocycles. The van der Waals surface area contributed by atoms with Crippen molar-refractivity contribution in [3.05, 3.63) is 59.4 Å². The molecule has 2 aromatic rings. The third-order valence-corrected chi connectivity index (χ3v) is 7.49. The number of halogens is 3. The average molecular weight is 415 g/mol. The molecule has 0 nitrogen and oxygen atoms in total. The van der Waals surface area contributed by atoms with E-state index in [1.165, 1.54) is 70.3 Å². The molecule has 0 N–H and O–H groups in total. The first kappa shape index (κ1) is 21.5. The topological polar surface area (TPSA) is 0 Å². The van der Waals surface area contributed by atoms with Gasteiger partial charge >= 0.3 is 0 Å². The van der Waals surface area contributed by atoms with Crippen LogP contribution in [0.3, 0.4) is 0 Å². The van der Waals surface area contributed by atoms with Crippen LogP contribution in [0.2, 0.25) is 0 Å². The fourth-order valence-electron chi connectivity index (χ4n) is 5.63. The lowest BCUT2D eigenvalue weighted by Crippen LogP contribution is -2.13. The molecule has 0 aliphatic heterocycles. The van der Waals surface area contributed by atoms with Crippen molar-refractivity contribution in [3.8, 4) is 11.1 Å². The number of hydrogen-bond acceptors (Lipinski definition) is 0. The highest BCUT2D eigenvalue weighted by Gasteiger charge is 2.23.